The Labute approximate surface area is 204 Å². The predicted molar refractivity (Wildman–Crippen MR) is 138 cm³/mol. The minimum Gasteiger partial charge on any atom is -0.497 e. The van der Waals surface area contributed by atoms with Gasteiger partial charge in [-0.15, -0.1) is 0 Å². The summed E-state index contributed by atoms with van der Waals surface area (Å²) in [4.78, 5) is 2.73. The number of anilines is 1. The van der Waals surface area contributed by atoms with Gasteiger partial charge >= 0.3 is 0 Å². The molecule has 0 spiro atoms. The number of hydrogen-bond donors (Lipinski definition) is 0. The average Bonchev–Trinajstić information content (AvgIpc) is 2.86. The lowest BCUT2D eigenvalue weighted by molar-refractivity contribution is 0.206. The number of methoxy groups -OCH3 is 1. The molecule has 180 valence electrons. The Hall–Kier alpha value is -2.83. The average molecular weight is 479 g/mol. The summed E-state index contributed by atoms with van der Waals surface area (Å²) in [6.45, 7) is 6.99. The summed E-state index contributed by atoms with van der Waals surface area (Å²) >= 11 is 0. The Bertz CT molecular complexity index is 1170. The minimum atomic E-state index is -3.71. The molecule has 0 N–H and O–H groups in total. The summed E-state index contributed by atoms with van der Waals surface area (Å²) in [6, 6.07) is 24.8. The van der Waals surface area contributed by atoms with Crippen molar-refractivity contribution < 1.29 is 13.2 Å². The van der Waals surface area contributed by atoms with Crippen molar-refractivity contribution in [2.45, 2.75) is 50.1 Å². The largest absolute Gasteiger partial charge is 0.497 e. The first kappa shape index (κ1) is 24.3. The first-order valence-electron chi connectivity index (χ1n) is 11.9. The van der Waals surface area contributed by atoms with E-state index in [0.29, 0.717) is 22.3 Å². The number of rotatable bonds is 8. The highest BCUT2D eigenvalue weighted by Crippen LogP contribution is 2.32. The number of likely N-dealkylation sites (tertiary alicyclic amines) is 1. The van der Waals surface area contributed by atoms with Crippen LogP contribution in [0.2, 0.25) is 0 Å². The fourth-order valence-electron chi connectivity index (χ4n) is 4.58. The number of ether oxygens (including phenoxy) is 1. The van der Waals surface area contributed by atoms with Gasteiger partial charge in [-0.2, -0.15) is 0 Å². The van der Waals surface area contributed by atoms with Crippen LogP contribution in [0.5, 0.6) is 5.75 Å². The molecule has 0 atom stereocenters. The molecule has 0 aliphatic carbocycles. The van der Waals surface area contributed by atoms with Crippen molar-refractivity contribution in [2.24, 2.45) is 0 Å². The summed E-state index contributed by atoms with van der Waals surface area (Å²) in [5.41, 5.74) is 3.29. The van der Waals surface area contributed by atoms with Crippen LogP contribution in [0.3, 0.4) is 0 Å². The van der Waals surface area contributed by atoms with E-state index >= 15 is 0 Å². The molecule has 1 aliphatic rings. The van der Waals surface area contributed by atoms with Crippen molar-refractivity contribution in [3.05, 3.63) is 90.0 Å². The number of nitrogens with zero attached hydrogens (tertiary/aromatic N) is 2. The Kier molecular flexibility index (Phi) is 7.59. The van der Waals surface area contributed by atoms with E-state index in [-0.39, 0.29) is 6.04 Å². The third-order valence-electron chi connectivity index (χ3n) is 6.55. The Morgan fingerprint density at radius 1 is 0.941 bits per heavy atom. The second-order valence-corrected chi connectivity index (χ2v) is 11.0. The molecule has 0 saturated carbocycles. The van der Waals surface area contributed by atoms with E-state index in [4.69, 9.17) is 4.74 Å². The van der Waals surface area contributed by atoms with Crippen molar-refractivity contribution in [1.29, 1.82) is 0 Å². The van der Waals surface area contributed by atoms with Crippen LogP contribution in [0.4, 0.5) is 5.69 Å². The number of sulfonamides is 1. The summed E-state index contributed by atoms with van der Waals surface area (Å²) in [7, 11) is -2.11. The van der Waals surface area contributed by atoms with Gasteiger partial charge in [0.2, 0.25) is 0 Å². The van der Waals surface area contributed by atoms with E-state index < -0.39 is 10.0 Å². The van der Waals surface area contributed by atoms with Crippen LogP contribution in [0, 0.1) is 0 Å². The van der Waals surface area contributed by atoms with Crippen LogP contribution in [0.25, 0.3) is 0 Å². The molecule has 0 bridgehead atoms. The molecular weight excluding hydrogens is 444 g/mol. The van der Waals surface area contributed by atoms with Gasteiger partial charge in [-0.1, -0.05) is 62.4 Å². The first-order valence-corrected chi connectivity index (χ1v) is 13.4. The highest BCUT2D eigenvalue weighted by Gasteiger charge is 2.34. The molecule has 34 heavy (non-hydrogen) atoms. The zero-order valence-electron chi connectivity index (χ0n) is 20.2. The summed E-state index contributed by atoms with van der Waals surface area (Å²) in [6.07, 6.45) is 1.54. The third kappa shape index (κ3) is 5.45. The van der Waals surface area contributed by atoms with Crippen LogP contribution < -0.4 is 9.04 Å². The molecule has 3 aromatic rings. The quantitative estimate of drug-likeness (QED) is 0.418. The van der Waals surface area contributed by atoms with Gasteiger partial charge in [-0.25, -0.2) is 8.42 Å². The molecule has 1 fully saturated rings. The summed E-state index contributed by atoms with van der Waals surface area (Å²) in [5, 5.41) is 0. The maximum Gasteiger partial charge on any atom is 0.264 e. The second kappa shape index (κ2) is 10.6. The molecule has 0 aromatic heterocycles. The molecule has 0 amide bonds. The van der Waals surface area contributed by atoms with Crippen molar-refractivity contribution in [3.63, 3.8) is 0 Å². The fraction of sp³-hybridized carbons (Fsp3) is 0.357. The normalized spacial score (nSPS) is 15.4. The number of hydrogen-bond acceptors (Lipinski definition) is 4. The van der Waals surface area contributed by atoms with Gasteiger partial charge in [-0.3, -0.25) is 9.21 Å². The van der Waals surface area contributed by atoms with Gasteiger partial charge in [0.05, 0.1) is 17.7 Å². The molecule has 1 aliphatic heterocycles. The van der Waals surface area contributed by atoms with Crippen LogP contribution >= 0.6 is 0 Å². The van der Waals surface area contributed by atoms with E-state index in [9.17, 15) is 8.42 Å². The molecule has 6 heteroatoms. The van der Waals surface area contributed by atoms with E-state index in [1.54, 1.807) is 35.7 Å². The molecule has 0 unspecified atom stereocenters. The topological polar surface area (TPSA) is 49.9 Å². The molecule has 4 rings (SSSR count). The van der Waals surface area contributed by atoms with Crippen LogP contribution in [-0.4, -0.2) is 39.6 Å². The van der Waals surface area contributed by atoms with Gasteiger partial charge in [0, 0.05) is 31.7 Å². The monoisotopic (exact) mass is 478 g/mol. The van der Waals surface area contributed by atoms with E-state index in [1.165, 1.54) is 11.1 Å². The van der Waals surface area contributed by atoms with Gasteiger partial charge in [0.15, 0.2) is 0 Å². The lowest BCUT2D eigenvalue weighted by Crippen LogP contribution is -2.47. The predicted octanol–water partition coefficient (Wildman–Crippen LogP) is 5.68. The van der Waals surface area contributed by atoms with Crippen molar-refractivity contribution in [3.8, 4) is 5.75 Å². The smallest absolute Gasteiger partial charge is 0.264 e. The molecule has 0 radical (unpaired) electrons. The van der Waals surface area contributed by atoms with Crippen LogP contribution in [0.1, 0.15) is 43.7 Å². The SMILES string of the molecule is COc1cccc(N(C2CCN(Cc3ccc(C(C)C)cc3)CC2)S(=O)(=O)c2ccccc2)c1. The summed E-state index contributed by atoms with van der Waals surface area (Å²) in [5.74, 6) is 1.17. The molecule has 1 heterocycles. The molecule has 1 saturated heterocycles. The Morgan fingerprint density at radius 2 is 1.62 bits per heavy atom. The van der Waals surface area contributed by atoms with Crippen molar-refractivity contribution in [1.82, 2.24) is 4.90 Å². The van der Waals surface area contributed by atoms with Gasteiger partial charge < -0.3 is 4.74 Å². The number of piperidine rings is 1. The molecule has 3 aromatic carbocycles. The summed E-state index contributed by atoms with van der Waals surface area (Å²) < 4.78 is 34.5. The van der Waals surface area contributed by atoms with Crippen LogP contribution in [-0.2, 0) is 16.6 Å². The Morgan fingerprint density at radius 3 is 2.24 bits per heavy atom. The zero-order valence-corrected chi connectivity index (χ0v) is 21.0. The maximum atomic E-state index is 13.8. The zero-order chi connectivity index (χ0) is 24.1. The molecular formula is C28H34N2O3S. The van der Waals surface area contributed by atoms with E-state index in [0.717, 1.165) is 32.5 Å². The fourth-order valence-corrected chi connectivity index (χ4v) is 6.30. The standard InChI is InChI=1S/C28H34N2O3S/c1-22(2)24-14-12-23(13-15-24)21-29-18-16-25(17-19-29)30(26-8-7-9-27(20-26)33-3)34(31,32)28-10-5-4-6-11-28/h4-15,20,22,25H,16-19,21H2,1-3H3. The lowest BCUT2D eigenvalue weighted by Gasteiger charge is -2.39. The van der Waals surface area contributed by atoms with Crippen LogP contribution in [0.15, 0.2) is 83.8 Å². The van der Waals surface area contributed by atoms with E-state index in [1.807, 2.05) is 30.3 Å². The second-order valence-electron chi connectivity index (χ2n) is 9.22. The van der Waals surface area contributed by atoms with Gasteiger partial charge in [0.25, 0.3) is 10.0 Å². The highest BCUT2D eigenvalue weighted by atomic mass is 32.2. The lowest BCUT2D eigenvalue weighted by atomic mass is 10.0. The van der Waals surface area contributed by atoms with E-state index in [2.05, 4.69) is 43.0 Å². The van der Waals surface area contributed by atoms with Gasteiger partial charge in [-0.05, 0) is 54.2 Å². The third-order valence-corrected chi connectivity index (χ3v) is 8.44. The first-order chi connectivity index (χ1) is 16.4. The number of benzene rings is 3. The van der Waals surface area contributed by atoms with Gasteiger partial charge in [0.1, 0.15) is 5.75 Å². The molecule has 5 nitrogen and oxygen atoms in total. The minimum absolute atomic E-state index is 0.114. The van der Waals surface area contributed by atoms with Crippen molar-refractivity contribution >= 4 is 15.7 Å². The highest BCUT2D eigenvalue weighted by molar-refractivity contribution is 7.92. The Balaban J connectivity index is 1.53. The van der Waals surface area contributed by atoms with Crippen molar-refractivity contribution in [2.75, 3.05) is 24.5 Å². The maximum absolute atomic E-state index is 13.8.